The van der Waals surface area contributed by atoms with E-state index in [1.165, 1.54) is 13.3 Å². The van der Waals surface area contributed by atoms with E-state index in [-0.39, 0.29) is 17.8 Å². The van der Waals surface area contributed by atoms with Crippen LogP contribution in [0.15, 0.2) is 24.7 Å². The summed E-state index contributed by atoms with van der Waals surface area (Å²) in [7, 11) is 1.43. The highest BCUT2D eigenvalue weighted by Crippen LogP contribution is 2.50. The summed E-state index contributed by atoms with van der Waals surface area (Å²) in [5, 5.41) is 1.29. The summed E-state index contributed by atoms with van der Waals surface area (Å²) < 4.78 is 19.8. The maximum Gasteiger partial charge on any atom is 0.309 e. The molecule has 3 aromatic heterocycles. The maximum atomic E-state index is 14.7. The molecule has 6 rings (SSSR count). The summed E-state index contributed by atoms with van der Waals surface area (Å²) in [4.78, 5) is 28.6. The molecule has 3 aliphatic rings. The maximum absolute atomic E-state index is 14.7. The Morgan fingerprint density at radius 1 is 1.23 bits per heavy atom. The average Bonchev–Trinajstić information content (AvgIpc) is 3.18. The molecular formula is C22H22ClFN4O2. The summed E-state index contributed by atoms with van der Waals surface area (Å²) in [6.07, 6.45) is 9.18. The normalized spacial score (nSPS) is 25.6. The number of pyridine rings is 1. The number of ether oxygens (including phenoxy) is 1. The lowest BCUT2D eigenvalue weighted by Crippen LogP contribution is -2.45. The number of aromatic nitrogens is 4. The second-order valence-electron chi connectivity index (χ2n) is 8.33. The average molecular weight is 429 g/mol. The van der Waals surface area contributed by atoms with Gasteiger partial charge in [-0.3, -0.25) is 4.79 Å². The number of hydrogen-bond acceptors (Lipinski definition) is 5. The molecule has 30 heavy (non-hydrogen) atoms. The first-order valence-electron chi connectivity index (χ1n) is 10.3. The van der Waals surface area contributed by atoms with Gasteiger partial charge in [0.2, 0.25) is 0 Å². The van der Waals surface area contributed by atoms with Crippen molar-refractivity contribution in [1.82, 2.24) is 19.9 Å². The zero-order valence-corrected chi connectivity index (χ0v) is 17.3. The van der Waals surface area contributed by atoms with Crippen molar-refractivity contribution in [1.29, 1.82) is 0 Å². The number of halogens is 2. The second-order valence-corrected chi connectivity index (χ2v) is 8.77. The molecular weight excluding hydrogens is 407 g/mol. The fourth-order valence-electron chi connectivity index (χ4n) is 5.43. The minimum atomic E-state index is -0.445. The zero-order chi connectivity index (χ0) is 20.8. The molecule has 3 aromatic rings. The van der Waals surface area contributed by atoms with Gasteiger partial charge in [-0.1, -0.05) is 11.6 Å². The topological polar surface area (TPSA) is 80.8 Å². The Labute approximate surface area is 178 Å². The first-order valence-corrected chi connectivity index (χ1v) is 10.6. The minimum absolute atomic E-state index is 0.0429. The lowest BCUT2D eigenvalue weighted by molar-refractivity contribution is -0.156. The number of methoxy groups -OCH3 is 1. The lowest BCUT2D eigenvalue weighted by Gasteiger charge is -2.47. The fraction of sp³-hybridized carbons (Fsp3) is 0.455. The number of esters is 1. The summed E-state index contributed by atoms with van der Waals surface area (Å²) >= 11 is 6.09. The van der Waals surface area contributed by atoms with Crippen molar-refractivity contribution in [3.05, 3.63) is 41.2 Å². The third-order valence-corrected chi connectivity index (χ3v) is 7.06. The molecule has 0 saturated heterocycles. The molecule has 3 fully saturated rings. The minimum Gasteiger partial charge on any atom is -0.469 e. The van der Waals surface area contributed by atoms with Crippen molar-refractivity contribution >= 4 is 28.6 Å². The predicted octanol–water partition coefficient (Wildman–Crippen LogP) is 4.58. The van der Waals surface area contributed by atoms with Crippen LogP contribution in [0.3, 0.4) is 0 Å². The largest absolute Gasteiger partial charge is 0.469 e. The molecule has 0 aromatic carbocycles. The van der Waals surface area contributed by atoms with Crippen LogP contribution in [-0.2, 0) is 16.0 Å². The van der Waals surface area contributed by atoms with Crippen molar-refractivity contribution < 1.29 is 13.9 Å². The molecule has 0 amide bonds. The summed E-state index contributed by atoms with van der Waals surface area (Å²) in [6, 6.07) is 1.79. The van der Waals surface area contributed by atoms with E-state index in [4.69, 9.17) is 16.3 Å². The van der Waals surface area contributed by atoms with Gasteiger partial charge >= 0.3 is 5.97 Å². The monoisotopic (exact) mass is 428 g/mol. The molecule has 3 heterocycles. The number of hydrogen-bond donors (Lipinski definition) is 1. The van der Waals surface area contributed by atoms with Gasteiger partial charge in [-0.2, -0.15) is 0 Å². The van der Waals surface area contributed by atoms with Crippen LogP contribution in [0.25, 0.3) is 22.4 Å². The molecule has 6 nitrogen and oxygen atoms in total. The summed E-state index contributed by atoms with van der Waals surface area (Å²) in [5.74, 6) is 0.364. The summed E-state index contributed by atoms with van der Waals surface area (Å²) in [6.45, 7) is 0. The van der Waals surface area contributed by atoms with Gasteiger partial charge in [-0.15, -0.1) is 0 Å². The Balaban J connectivity index is 1.50. The zero-order valence-electron chi connectivity index (χ0n) is 16.6. The van der Waals surface area contributed by atoms with Gasteiger partial charge in [0, 0.05) is 23.3 Å². The van der Waals surface area contributed by atoms with E-state index in [0.29, 0.717) is 40.4 Å². The van der Waals surface area contributed by atoms with Crippen LogP contribution in [-0.4, -0.2) is 33.0 Å². The van der Waals surface area contributed by atoms with Crippen LogP contribution in [0.5, 0.6) is 0 Å². The van der Waals surface area contributed by atoms with Crippen LogP contribution >= 0.6 is 11.6 Å². The smallest absolute Gasteiger partial charge is 0.309 e. The van der Waals surface area contributed by atoms with Crippen LogP contribution in [0.1, 0.15) is 31.4 Å². The molecule has 3 aliphatic carbocycles. The molecule has 3 saturated carbocycles. The van der Waals surface area contributed by atoms with Gasteiger partial charge in [-0.05, 0) is 55.9 Å². The van der Waals surface area contributed by atoms with Crippen LogP contribution in [0.4, 0.5) is 4.39 Å². The highest BCUT2D eigenvalue weighted by Gasteiger charge is 2.47. The first-order chi connectivity index (χ1) is 14.5. The Hall–Kier alpha value is -2.54. The lowest BCUT2D eigenvalue weighted by atomic mass is 9.57. The second kappa shape index (κ2) is 7.61. The predicted molar refractivity (Wildman–Crippen MR) is 110 cm³/mol. The standard InChI is InChI=1S/C22H22ClFN4O2/c1-30-22(29)19-12-4-2-11(3-5-12)14(19)7-18-17(24)10-27-21(28-18)16-9-26-20-15(16)6-13(23)8-25-20/h6,8-12,14,19H,2-5,7H2,1H3,(H,25,26)/t11?,12?,14-,19-/m0/s1. The van der Waals surface area contributed by atoms with E-state index in [2.05, 4.69) is 19.9 Å². The Kier molecular flexibility index (Phi) is 4.93. The van der Waals surface area contributed by atoms with Crippen molar-refractivity contribution in [2.24, 2.45) is 23.7 Å². The highest BCUT2D eigenvalue weighted by atomic mass is 35.5. The van der Waals surface area contributed by atoms with Crippen molar-refractivity contribution in [3.8, 4) is 11.4 Å². The molecule has 0 radical (unpaired) electrons. The number of nitrogens with one attached hydrogen (secondary N) is 1. The van der Waals surface area contributed by atoms with Crippen LogP contribution in [0, 0.1) is 29.5 Å². The van der Waals surface area contributed by atoms with Crippen molar-refractivity contribution in [2.75, 3.05) is 7.11 Å². The molecule has 0 spiro atoms. The quantitative estimate of drug-likeness (QED) is 0.615. The number of carbonyl (C=O) groups is 1. The van der Waals surface area contributed by atoms with E-state index in [9.17, 15) is 9.18 Å². The van der Waals surface area contributed by atoms with Gasteiger partial charge in [0.25, 0.3) is 0 Å². The van der Waals surface area contributed by atoms with E-state index in [0.717, 1.165) is 36.6 Å². The van der Waals surface area contributed by atoms with Crippen LogP contribution in [0.2, 0.25) is 5.02 Å². The first kappa shape index (κ1) is 19.4. The number of fused-ring (bicyclic) bond motifs is 4. The Morgan fingerprint density at radius 2 is 2.00 bits per heavy atom. The van der Waals surface area contributed by atoms with E-state index in [1.807, 2.05) is 0 Å². The van der Waals surface area contributed by atoms with E-state index >= 15 is 0 Å². The summed E-state index contributed by atoms with van der Waals surface area (Å²) in [5.41, 5.74) is 1.73. The molecule has 156 valence electrons. The number of H-pyrrole nitrogens is 1. The van der Waals surface area contributed by atoms with Gasteiger partial charge in [0.1, 0.15) is 5.65 Å². The van der Waals surface area contributed by atoms with Gasteiger partial charge in [-0.25, -0.2) is 19.3 Å². The molecule has 0 aliphatic heterocycles. The Bertz CT molecular complexity index is 1110. The van der Waals surface area contributed by atoms with Crippen molar-refractivity contribution in [3.63, 3.8) is 0 Å². The number of rotatable bonds is 4. The molecule has 2 atom stereocenters. The SMILES string of the molecule is COC(=O)[C@H]1C2CCC(CC2)[C@@H]1Cc1nc(-c2c[nH]c3ncc(Cl)cc23)ncc1F. The number of carbonyl (C=O) groups excluding carboxylic acids is 1. The van der Waals surface area contributed by atoms with Crippen LogP contribution < -0.4 is 0 Å². The van der Waals surface area contributed by atoms with E-state index in [1.54, 1.807) is 18.5 Å². The van der Waals surface area contributed by atoms with Gasteiger partial charge in [0.05, 0.1) is 29.9 Å². The third-order valence-electron chi connectivity index (χ3n) is 6.85. The Morgan fingerprint density at radius 3 is 2.77 bits per heavy atom. The number of nitrogens with zero attached hydrogens (tertiary/aromatic N) is 3. The fourth-order valence-corrected chi connectivity index (χ4v) is 5.59. The molecule has 8 heteroatoms. The third kappa shape index (κ3) is 3.25. The van der Waals surface area contributed by atoms with E-state index < -0.39 is 5.82 Å². The van der Waals surface area contributed by atoms with Gasteiger partial charge < -0.3 is 9.72 Å². The molecule has 2 bridgehead atoms. The van der Waals surface area contributed by atoms with Gasteiger partial charge in [0.15, 0.2) is 11.6 Å². The molecule has 1 N–H and O–H groups in total. The highest BCUT2D eigenvalue weighted by molar-refractivity contribution is 6.31. The van der Waals surface area contributed by atoms with Crippen molar-refractivity contribution in [2.45, 2.75) is 32.1 Å². The molecule has 0 unspecified atom stereocenters. The number of aromatic amines is 1.